The second-order valence-electron chi connectivity index (χ2n) is 3.31. The first kappa shape index (κ1) is 11.6. The molecule has 0 fully saturated rings. The van der Waals surface area contributed by atoms with E-state index < -0.39 is 0 Å². The molecular weight excluding hydrogens is 188 g/mol. The van der Waals surface area contributed by atoms with Crippen molar-refractivity contribution >= 4 is 0 Å². The van der Waals surface area contributed by atoms with Crippen LogP contribution < -0.4 is 9.47 Å². The lowest BCUT2D eigenvalue weighted by Gasteiger charge is -2.01. The summed E-state index contributed by atoms with van der Waals surface area (Å²) in [5.41, 5.74) is 0. The molecule has 0 aromatic heterocycles. The highest BCUT2D eigenvalue weighted by Gasteiger charge is 1.91. The molecule has 0 amide bonds. The standard InChI is InChI=1S/C13H18O2/c1-3-4-5-6-11-15-13-9-7-12(14-2)8-10-13/h6-11H,3-5H2,1-2H3/b11-6-. The molecule has 2 nitrogen and oxygen atoms in total. The van der Waals surface area contributed by atoms with Gasteiger partial charge in [0.2, 0.25) is 0 Å². The van der Waals surface area contributed by atoms with Crippen molar-refractivity contribution in [1.82, 2.24) is 0 Å². The van der Waals surface area contributed by atoms with Crippen LogP contribution in [0.3, 0.4) is 0 Å². The van der Waals surface area contributed by atoms with Gasteiger partial charge in [-0.2, -0.15) is 0 Å². The minimum atomic E-state index is 0.837. The summed E-state index contributed by atoms with van der Waals surface area (Å²) in [5.74, 6) is 1.68. The summed E-state index contributed by atoms with van der Waals surface area (Å²) in [5, 5.41) is 0. The van der Waals surface area contributed by atoms with E-state index in [-0.39, 0.29) is 0 Å². The van der Waals surface area contributed by atoms with Crippen molar-refractivity contribution in [3.63, 3.8) is 0 Å². The summed E-state index contributed by atoms with van der Waals surface area (Å²) in [6, 6.07) is 7.55. The number of unbranched alkanes of at least 4 members (excludes halogenated alkanes) is 2. The Morgan fingerprint density at radius 3 is 2.40 bits per heavy atom. The number of hydrogen-bond donors (Lipinski definition) is 0. The van der Waals surface area contributed by atoms with Crippen LogP contribution in [0.2, 0.25) is 0 Å². The maximum absolute atomic E-state index is 5.42. The lowest BCUT2D eigenvalue weighted by molar-refractivity contribution is 0.412. The monoisotopic (exact) mass is 206 g/mol. The van der Waals surface area contributed by atoms with E-state index >= 15 is 0 Å². The molecule has 0 aliphatic heterocycles. The van der Waals surface area contributed by atoms with Crippen LogP contribution in [0.5, 0.6) is 11.5 Å². The van der Waals surface area contributed by atoms with Gasteiger partial charge in [0, 0.05) is 0 Å². The first-order chi connectivity index (χ1) is 7.36. The number of ether oxygens (including phenoxy) is 2. The molecule has 0 unspecified atom stereocenters. The number of benzene rings is 1. The van der Waals surface area contributed by atoms with Crippen LogP contribution in [0.4, 0.5) is 0 Å². The second-order valence-corrected chi connectivity index (χ2v) is 3.31. The van der Waals surface area contributed by atoms with Gasteiger partial charge in [-0.1, -0.05) is 13.3 Å². The highest BCUT2D eigenvalue weighted by molar-refractivity contribution is 5.31. The lowest BCUT2D eigenvalue weighted by atomic mass is 10.2. The summed E-state index contributed by atoms with van der Waals surface area (Å²) < 4.78 is 10.5. The Hall–Kier alpha value is -1.44. The number of hydrogen-bond acceptors (Lipinski definition) is 2. The minimum Gasteiger partial charge on any atom is -0.497 e. The van der Waals surface area contributed by atoms with E-state index in [1.54, 1.807) is 13.4 Å². The van der Waals surface area contributed by atoms with Gasteiger partial charge in [0.25, 0.3) is 0 Å². The molecule has 1 rings (SSSR count). The van der Waals surface area contributed by atoms with Crippen LogP contribution in [0.25, 0.3) is 0 Å². The van der Waals surface area contributed by atoms with Gasteiger partial charge in [-0.3, -0.25) is 0 Å². The van der Waals surface area contributed by atoms with Crippen LogP contribution in [0, 0.1) is 0 Å². The van der Waals surface area contributed by atoms with Crippen LogP contribution in [-0.4, -0.2) is 7.11 Å². The first-order valence-electron chi connectivity index (χ1n) is 5.32. The van der Waals surface area contributed by atoms with Crippen molar-refractivity contribution in [3.8, 4) is 11.5 Å². The summed E-state index contributed by atoms with van der Waals surface area (Å²) in [7, 11) is 1.65. The number of methoxy groups -OCH3 is 1. The smallest absolute Gasteiger partial charge is 0.126 e. The van der Waals surface area contributed by atoms with E-state index in [4.69, 9.17) is 9.47 Å². The minimum absolute atomic E-state index is 0.837. The quantitative estimate of drug-likeness (QED) is 0.521. The third kappa shape index (κ3) is 4.54. The molecule has 0 saturated heterocycles. The Balaban J connectivity index is 2.34. The number of rotatable bonds is 6. The first-order valence-corrected chi connectivity index (χ1v) is 5.32. The summed E-state index contributed by atoms with van der Waals surface area (Å²) in [6.07, 6.45) is 7.30. The maximum Gasteiger partial charge on any atom is 0.126 e. The molecule has 0 saturated carbocycles. The molecule has 0 aliphatic carbocycles. The number of allylic oxidation sites excluding steroid dienone is 1. The van der Waals surface area contributed by atoms with Crippen molar-refractivity contribution < 1.29 is 9.47 Å². The third-order valence-corrected chi connectivity index (χ3v) is 2.08. The Bertz CT molecular complexity index is 288. The normalized spacial score (nSPS) is 10.5. The molecule has 0 heterocycles. The van der Waals surface area contributed by atoms with Gasteiger partial charge in [0.1, 0.15) is 11.5 Å². The van der Waals surface area contributed by atoms with Crippen LogP contribution in [-0.2, 0) is 0 Å². The van der Waals surface area contributed by atoms with Gasteiger partial charge >= 0.3 is 0 Å². The summed E-state index contributed by atoms with van der Waals surface area (Å²) in [6.45, 7) is 2.18. The second kappa shape index (κ2) is 6.93. The topological polar surface area (TPSA) is 18.5 Å². The van der Waals surface area contributed by atoms with Gasteiger partial charge < -0.3 is 9.47 Å². The predicted molar refractivity (Wildman–Crippen MR) is 62.3 cm³/mol. The fourth-order valence-electron chi connectivity index (χ4n) is 1.17. The van der Waals surface area contributed by atoms with E-state index in [0.29, 0.717) is 0 Å². The van der Waals surface area contributed by atoms with Crippen molar-refractivity contribution in [2.24, 2.45) is 0 Å². The molecule has 0 atom stereocenters. The van der Waals surface area contributed by atoms with Crippen LogP contribution >= 0.6 is 0 Å². The fourth-order valence-corrected chi connectivity index (χ4v) is 1.17. The molecular formula is C13H18O2. The molecule has 0 spiro atoms. The van der Waals surface area contributed by atoms with Crippen molar-refractivity contribution in [1.29, 1.82) is 0 Å². The van der Waals surface area contributed by atoms with Crippen molar-refractivity contribution in [2.45, 2.75) is 26.2 Å². The largest absolute Gasteiger partial charge is 0.497 e. The highest BCUT2D eigenvalue weighted by atomic mass is 16.5. The third-order valence-electron chi connectivity index (χ3n) is 2.08. The maximum atomic E-state index is 5.42. The zero-order chi connectivity index (χ0) is 10.9. The van der Waals surface area contributed by atoms with Gasteiger partial charge in [-0.25, -0.2) is 0 Å². The van der Waals surface area contributed by atoms with Gasteiger partial charge in [0.15, 0.2) is 0 Å². The summed E-state index contributed by atoms with van der Waals surface area (Å²) in [4.78, 5) is 0. The molecule has 1 aromatic rings. The van der Waals surface area contributed by atoms with E-state index in [2.05, 4.69) is 6.92 Å². The van der Waals surface area contributed by atoms with E-state index in [1.165, 1.54) is 12.8 Å². The summed E-state index contributed by atoms with van der Waals surface area (Å²) >= 11 is 0. The Morgan fingerprint density at radius 1 is 1.13 bits per heavy atom. The van der Waals surface area contributed by atoms with Crippen molar-refractivity contribution in [2.75, 3.05) is 7.11 Å². The zero-order valence-electron chi connectivity index (χ0n) is 9.40. The molecule has 2 heteroatoms. The molecule has 15 heavy (non-hydrogen) atoms. The molecule has 0 aliphatic rings. The highest BCUT2D eigenvalue weighted by Crippen LogP contribution is 2.17. The average molecular weight is 206 g/mol. The van der Waals surface area contributed by atoms with Crippen molar-refractivity contribution in [3.05, 3.63) is 36.6 Å². The molecule has 0 radical (unpaired) electrons. The SMILES string of the molecule is CCCC/C=C\Oc1ccc(OC)cc1. The lowest BCUT2D eigenvalue weighted by Crippen LogP contribution is -1.84. The Kier molecular flexibility index (Phi) is 5.38. The Labute approximate surface area is 91.5 Å². The van der Waals surface area contributed by atoms with E-state index in [0.717, 1.165) is 17.9 Å². The van der Waals surface area contributed by atoms with Crippen LogP contribution in [0.1, 0.15) is 26.2 Å². The molecule has 0 N–H and O–H groups in total. The average Bonchev–Trinajstić information content (AvgIpc) is 2.30. The van der Waals surface area contributed by atoms with Gasteiger partial charge in [-0.15, -0.1) is 0 Å². The van der Waals surface area contributed by atoms with E-state index in [1.807, 2.05) is 30.3 Å². The predicted octanol–water partition coefficient (Wildman–Crippen LogP) is 3.78. The fraction of sp³-hybridized carbons (Fsp3) is 0.385. The Morgan fingerprint density at radius 2 is 1.80 bits per heavy atom. The molecule has 0 bridgehead atoms. The van der Waals surface area contributed by atoms with Gasteiger partial charge in [-0.05, 0) is 43.2 Å². The van der Waals surface area contributed by atoms with Crippen LogP contribution in [0.15, 0.2) is 36.6 Å². The molecule has 1 aromatic carbocycles. The van der Waals surface area contributed by atoms with E-state index in [9.17, 15) is 0 Å². The van der Waals surface area contributed by atoms with Gasteiger partial charge in [0.05, 0.1) is 13.4 Å². The molecule has 82 valence electrons. The zero-order valence-corrected chi connectivity index (χ0v) is 9.40.